The molecule has 48 heavy (non-hydrogen) atoms. The van der Waals surface area contributed by atoms with Crippen molar-refractivity contribution in [1.29, 1.82) is 0 Å². The fourth-order valence-electron chi connectivity index (χ4n) is 7.36. The van der Waals surface area contributed by atoms with Gasteiger partial charge < -0.3 is 15.6 Å². The van der Waals surface area contributed by atoms with Gasteiger partial charge in [0.25, 0.3) is 5.56 Å². The predicted octanol–water partition coefficient (Wildman–Crippen LogP) is 7.02. The van der Waals surface area contributed by atoms with Gasteiger partial charge in [0.05, 0.1) is 0 Å². The van der Waals surface area contributed by atoms with Crippen molar-refractivity contribution in [3.63, 3.8) is 0 Å². The van der Waals surface area contributed by atoms with Crippen molar-refractivity contribution in [2.75, 3.05) is 5.73 Å². The van der Waals surface area contributed by atoms with Crippen LogP contribution in [0.3, 0.4) is 0 Å². The van der Waals surface area contributed by atoms with Gasteiger partial charge in [-0.05, 0) is 66.3 Å². The SMILES string of the molecule is C/C(O)=c1/c(N)nc2c(C(=O)OC3C(C(C)(C)C)CC(C)CC3C(C)(C)C)c(-c3ccc(Cl)cc3)c(-n3nc4ccccc4n3)n2c1=O. The number of anilines is 1. The first-order valence-electron chi connectivity index (χ1n) is 16.3. The van der Waals surface area contributed by atoms with E-state index >= 15 is 0 Å². The van der Waals surface area contributed by atoms with Crippen molar-refractivity contribution in [3.8, 4) is 16.9 Å². The van der Waals surface area contributed by atoms with Gasteiger partial charge in [-0.1, -0.05) is 84.3 Å². The molecule has 0 radical (unpaired) electrons. The van der Waals surface area contributed by atoms with E-state index in [9.17, 15) is 14.7 Å². The van der Waals surface area contributed by atoms with E-state index in [2.05, 4.69) is 53.5 Å². The molecule has 1 aliphatic rings. The van der Waals surface area contributed by atoms with Gasteiger partial charge in [0, 0.05) is 22.4 Å². The number of aromatic nitrogens is 5. The quantitative estimate of drug-likeness (QED) is 0.195. The predicted molar refractivity (Wildman–Crippen MR) is 189 cm³/mol. The van der Waals surface area contributed by atoms with Crippen LogP contribution >= 0.6 is 11.6 Å². The smallest absolute Gasteiger partial charge is 0.343 e. The van der Waals surface area contributed by atoms with Gasteiger partial charge in [0.1, 0.15) is 39.5 Å². The summed E-state index contributed by atoms with van der Waals surface area (Å²) in [4.78, 5) is 35.1. The minimum Gasteiger partial charge on any atom is -0.512 e. The molecule has 0 amide bonds. The van der Waals surface area contributed by atoms with E-state index in [1.807, 2.05) is 12.1 Å². The van der Waals surface area contributed by atoms with Gasteiger partial charge >= 0.3 is 5.97 Å². The van der Waals surface area contributed by atoms with Gasteiger partial charge in [-0.3, -0.25) is 4.79 Å². The van der Waals surface area contributed by atoms with Gasteiger partial charge in [0.2, 0.25) is 0 Å². The lowest BCUT2D eigenvalue weighted by Gasteiger charge is -2.50. The molecule has 3 aromatic heterocycles. The lowest BCUT2D eigenvalue weighted by Crippen LogP contribution is -2.49. The molecule has 3 N–H and O–H groups in total. The van der Waals surface area contributed by atoms with Crippen molar-refractivity contribution in [2.45, 2.75) is 74.3 Å². The average molecular weight is 671 g/mol. The minimum absolute atomic E-state index is 0.0161. The summed E-state index contributed by atoms with van der Waals surface area (Å²) < 4.78 is 7.94. The van der Waals surface area contributed by atoms with E-state index in [1.165, 1.54) is 16.1 Å². The number of halogens is 1. The molecular weight excluding hydrogens is 628 g/mol. The average Bonchev–Trinajstić information content (AvgIpc) is 3.56. The summed E-state index contributed by atoms with van der Waals surface area (Å²) in [7, 11) is 0. The van der Waals surface area contributed by atoms with Crippen LogP contribution in [-0.2, 0) is 4.74 Å². The second-order valence-corrected chi connectivity index (χ2v) is 15.8. The lowest BCUT2D eigenvalue weighted by atomic mass is 9.59. The van der Waals surface area contributed by atoms with Gasteiger partial charge in [-0.2, -0.15) is 0 Å². The Morgan fingerprint density at radius 2 is 1.50 bits per heavy atom. The molecule has 10 nitrogen and oxygen atoms in total. The van der Waals surface area contributed by atoms with Crippen molar-refractivity contribution >= 4 is 45.8 Å². The number of hydrogen-bond donors (Lipinski definition) is 2. The minimum atomic E-state index is -0.672. The molecule has 0 bridgehead atoms. The zero-order valence-corrected chi connectivity index (χ0v) is 29.5. The summed E-state index contributed by atoms with van der Waals surface area (Å²) in [5.41, 5.74) is 7.44. The Morgan fingerprint density at radius 3 is 2.00 bits per heavy atom. The van der Waals surface area contributed by atoms with E-state index in [1.54, 1.807) is 36.4 Å². The van der Waals surface area contributed by atoms with Crippen molar-refractivity contribution in [3.05, 3.63) is 74.7 Å². The number of carbonyl (C=O) groups is 1. The number of ether oxygens (including phenoxy) is 1. The molecule has 2 atom stereocenters. The zero-order chi connectivity index (χ0) is 34.9. The number of carbonyl (C=O) groups excluding carboxylic acids is 1. The molecule has 1 aliphatic carbocycles. The number of nitrogen functional groups attached to an aromatic ring is 1. The standard InChI is InChI=1S/C37H43ClN6O4/c1-19-17-23(36(3,4)5)30(24(18-19)37(6,7)8)48-35(47)29-28(21-13-15-22(38)16-14-21)33(44-41-25-11-9-10-12-26(25)42-44)43-32(29)40-31(39)27(20(2)45)34(43)46/h9-16,19,23-24,30,45H,17-18H2,1-8H3,(H2,39,40)/b27-20+. The van der Waals surface area contributed by atoms with Crippen LogP contribution in [0.1, 0.15) is 78.6 Å². The highest BCUT2D eigenvalue weighted by Gasteiger charge is 2.48. The molecule has 2 unspecified atom stereocenters. The maximum Gasteiger partial charge on any atom is 0.343 e. The van der Waals surface area contributed by atoms with E-state index in [0.717, 1.165) is 12.8 Å². The van der Waals surface area contributed by atoms with Crippen LogP contribution in [0.2, 0.25) is 5.02 Å². The Hall–Kier alpha value is -4.44. The number of aliphatic hydroxyl groups is 1. The first kappa shape index (κ1) is 33.5. The summed E-state index contributed by atoms with van der Waals surface area (Å²) >= 11 is 6.31. The number of hydrogen-bond acceptors (Lipinski definition) is 8. The summed E-state index contributed by atoms with van der Waals surface area (Å²) in [5, 5.41) is 20.3. The molecule has 6 rings (SSSR count). The Morgan fingerprint density at radius 1 is 0.958 bits per heavy atom. The molecule has 1 saturated carbocycles. The highest BCUT2D eigenvalue weighted by molar-refractivity contribution is 6.30. The van der Waals surface area contributed by atoms with E-state index in [4.69, 9.17) is 32.3 Å². The van der Waals surface area contributed by atoms with Crippen molar-refractivity contribution in [2.24, 2.45) is 28.6 Å². The molecule has 3 heterocycles. The molecule has 11 heteroatoms. The summed E-state index contributed by atoms with van der Waals surface area (Å²) in [5.74, 6) is -0.379. The second-order valence-electron chi connectivity index (χ2n) is 15.4. The molecule has 0 spiro atoms. The number of fused-ring (bicyclic) bond motifs is 2. The van der Waals surface area contributed by atoms with E-state index in [-0.39, 0.29) is 56.5 Å². The zero-order valence-electron chi connectivity index (χ0n) is 28.7. The number of nitrogens with zero attached hydrogens (tertiary/aromatic N) is 5. The highest BCUT2D eigenvalue weighted by atomic mass is 35.5. The van der Waals surface area contributed by atoms with Crippen molar-refractivity contribution in [1.82, 2.24) is 24.4 Å². The topological polar surface area (TPSA) is 138 Å². The van der Waals surface area contributed by atoms with E-state index < -0.39 is 17.6 Å². The molecule has 2 aromatic carbocycles. The Balaban J connectivity index is 1.69. The number of rotatable bonds is 4. The first-order valence-corrected chi connectivity index (χ1v) is 16.7. The summed E-state index contributed by atoms with van der Waals surface area (Å²) in [6.07, 6.45) is 1.41. The molecule has 0 saturated heterocycles. The third kappa shape index (κ3) is 5.80. The fraction of sp³-hybridized carbons (Fsp3) is 0.432. The summed E-state index contributed by atoms with van der Waals surface area (Å²) in [6.45, 7) is 16.8. The van der Waals surface area contributed by atoms with Crippen LogP contribution in [0.4, 0.5) is 5.82 Å². The van der Waals surface area contributed by atoms with Crippen LogP contribution < -0.4 is 16.5 Å². The molecular formula is C37H43ClN6O4. The number of benzene rings is 2. The van der Waals surface area contributed by atoms with Crippen molar-refractivity contribution < 1.29 is 14.6 Å². The lowest BCUT2D eigenvalue weighted by molar-refractivity contribution is -0.0922. The molecule has 0 aliphatic heterocycles. The maximum absolute atomic E-state index is 14.9. The summed E-state index contributed by atoms with van der Waals surface area (Å²) in [6, 6.07) is 14.2. The Bertz CT molecular complexity index is 2100. The van der Waals surface area contributed by atoms with Gasteiger partial charge in [0.15, 0.2) is 11.5 Å². The molecule has 1 fully saturated rings. The molecule has 252 valence electrons. The Labute approximate surface area is 284 Å². The molecule has 5 aromatic rings. The number of nitrogens with two attached hydrogens (primary N) is 1. The van der Waals surface area contributed by atoms with Crippen LogP contribution in [0.25, 0.3) is 39.4 Å². The number of aliphatic hydroxyl groups excluding tert-OH is 1. The third-order valence-corrected chi connectivity index (χ3v) is 10.0. The number of esters is 1. The second kappa shape index (κ2) is 11.9. The highest BCUT2D eigenvalue weighted by Crippen LogP contribution is 2.50. The third-order valence-electron chi connectivity index (χ3n) is 9.77. The monoisotopic (exact) mass is 670 g/mol. The van der Waals surface area contributed by atoms with Gasteiger partial charge in [-0.25, -0.2) is 14.2 Å². The largest absolute Gasteiger partial charge is 0.512 e. The van der Waals surface area contributed by atoms with Crippen LogP contribution in [-0.4, -0.2) is 41.6 Å². The van der Waals surface area contributed by atoms with E-state index in [0.29, 0.717) is 33.1 Å². The maximum atomic E-state index is 14.9. The normalized spacial score (nSPS) is 21.1. The van der Waals surface area contributed by atoms with Gasteiger partial charge in [-0.15, -0.1) is 15.0 Å². The van der Waals surface area contributed by atoms with Crippen LogP contribution in [0.5, 0.6) is 0 Å². The van der Waals surface area contributed by atoms with Crippen LogP contribution in [0, 0.1) is 28.6 Å². The fourth-order valence-corrected chi connectivity index (χ4v) is 7.48. The first-order chi connectivity index (χ1) is 22.5. The van der Waals surface area contributed by atoms with Crippen LogP contribution in [0.15, 0.2) is 53.3 Å². The Kier molecular flexibility index (Phi) is 8.30.